The summed E-state index contributed by atoms with van der Waals surface area (Å²) in [5.74, 6) is 0.760. The summed E-state index contributed by atoms with van der Waals surface area (Å²) in [4.78, 5) is 8.17. The molecule has 0 aromatic heterocycles. The van der Waals surface area contributed by atoms with E-state index in [4.69, 9.17) is 0 Å². The summed E-state index contributed by atoms with van der Waals surface area (Å²) < 4.78 is 0. The molecule has 1 aliphatic rings. The highest BCUT2D eigenvalue weighted by Crippen LogP contribution is 2.00. The first-order valence-corrected chi connectivity index (χ1v) is 3.50. The molecule has 0 aromatic rings. The van der Waals surface area contributed by atoms with Crippen molar-refractivity contribution in [1.29, 1.82) is 0 Å². The lowest BCUT2D eigenvalue weighted by Gasteiger charge is -2.19. The number of nitrogens with zero attached hydrogens (tertiary/aromatic N) is 2. The van der Waals surface area contributed by atoms with Gasteiger partial charge in [-0.1, -0.05) is 0 Å². The maximum atomic E-state index is 4.21. The highest BCUT2D eigenvalue weighted by molar-refractivity contribution is 5.98. The maximum Gasteiger partial charge on any atom is 0.217 e. The minimum absolute atomic E-state index is 0.483. The van der Waals surface area contributed by atoms with Crippen LogP contribution in [0.5, 0.6) is 0 Å². The average Bonchev–Trinajstić information content (AvgIpc) is 1.85. The van der Waals surface area contributed by atoms with E-state index in [9.17, 15) is 0 Å². The minimum Gasteiger partial charge on any atom is -0.352 e. The van der Waals surface area contributed by atoms with Gasteiger partial charge >= 0.3 is 0 Å². The molecule has 0 saturated carbocycles. The molecule has 0 saturated heterocycles. The van der Waals surface area contributed by atoms with Gasteiger partial charge in [-0.3, -0.25) is 4.99 Å². The average molecular weight is 139 g/mol. The van der Waals surface area contributed by atoms with E-state index in [0.29, 0.717) is 6.04 Å². The first-order valence-electron chi connectivity index (χ1n) is 3.50. The van der Waals surface area contributed by atoms with E-state index in [-0.39, 0.29) is 0 Å². The third kappa shape index (κ3) is 1.56. The van der Waals surface area contributed by atoms with Crippen molar-refractivity contribution in [3.8, 4) is 0 Å². The second kappa shape index (κ2) is 2.82. The smallest absolute Gasteiger partial charge is 0.217 e. The number of nitrogens with one attached hydrogen (secondary N) is 1. The zero-order valence-electron chi connectivity index (χ0n) is 6.68. The Balaban J connectivity index is 2.73. The van der Waals surface area contributed by atoms with Gasteiger partial charge in [0, 0.05) is 25.2 Å². The van der Waals surface area contributed by atoms with Crippen LogP contribution in [0.15, 0.2) is 9.98 Å². The second-order valence-electron chi connectivity index (χ2n) is 2.64. The molecule has 0 fully saturated rings. The predicted molar refractivity (Wildman–Crippen MR) is 43.7 cm³/mol. The van der Waals surface area contributed by atoms with Crippen LogP contribution in [0.3, 0.4) is 0 Å². The van der Waals surface area contributed by atoms with Gasteiger partial charge in [-0.05, 0) is 13.8 Å². The highest BCUT2D eigenvalue weighted by Gasteiger charge is 2.11. The van der Waals surface area contributed by atoms with Gasteiger partial charge in [0.05, 0.1) is 0 Å². The monoisotopic (exact) mass is 139 g/mol. The fourth-order valence-corrected chi connectivity index (χ4v) is 1.09. The lowest BCUT2D eigenvalue weighted by atomic mass is 10.1. The summed E-state index contributed by atoms with van der Waals surface area (Å²) in [5, 5.41) is 3.16. The predicted octanol–water partition coefficient (Wildman–Crippen LogP) is 0.815. The summed E-state index contributed by atoms with van der Waals surface area (Å²) in [6, 6.07) is 0.483. The van der Waals surface area contributed by atoms with Crippen LogP contribution in [-0.2, 0) is 0 Å². The Morgan fingerprint density at radius 2 is 2.40 bits per heavy atom. The van der Waals surface area contributed by atoms with Gasteiger partial charge in [0.15, 0.2) is 0 Å². The summed E-state index contributed by atoms with van der Waals surface area (Å²) in [6.45, 7) is 4.16. The minimum atomic E-state index is 0.483. The van der Waals surface area contributed by atoms with Gasteiger partial charge in [0.2, 0.25) is 5.96 Å². The van der Waals surface area contributed by atoms with Gasteiger partial charge in [0.1, 0.15) is 0 Å². The molecule has 0 spiro atoms. The zero-order valence-corrected chi connectivity index (χ0v) is 6.68. The molecule has 0 amide bonds. The van der Waals surface area contributed by atoms with Crippen molar-refractivity contribution in [1.82, 2.24) is 5.32 Å². The quantitative estimate of drug-likeness (QED) is 0.530. The van der Waals surface area contributed by atoms with Gasteiger partial charge < -0.3 is 5.32 Å². The molecule has 0 bridgehead atoms. The van der Waals surface area contributed by atoms with Crippen molar-refractivity contribution in [3.05, 3.63) is 0 Å². The van der Waals surface area contributed by atoms with E-state index in [1.165, 1.54) is 0 Å². The Morgan fingerprint density at radius 1 is 1.70 bits per heavy atom. The van der Waals surface area contributed by atoms with Crippen molar-refractivity contribution < 1.29 is 0 Å². The van der Waals surface area contributed by atoms with Crippen LogP contribution in [0.4, 0.5) is 0 Å². The van der Waals surface area contributed by atoms with Gasteiger partial charge in [-0.15, -0.1) is 0 Å². The number of rotatable bonds is 0. The van der Waals surface area contributed by atoms with E-state index >= 15 is 0 Å². The van der Waals surface area contributed by atoms with Crippen LogP contribution in [0.1, 0.15) is 20.3 Å². The topological polar surface area (TPSA) is 36.8 Å². The standard InChI is InChI=1S/C7H13N3/c1-5-4-6(2)10-7(8-3)9-5/h5H,4H2,1-3H3,(H,8,9). The summed E-state index contributed by atoms with van der Waals surface area (Å²) >= 11 is 0. The van der Waals surface area contributed by atoms with Gasteiger partial charge in [-0.2, -0.15) is 0 Å². The van der Waals surface area contributed by atoms with Gasteiger partial charge in [-0.25, -0.2) is 4.99 Å². The molecule has 0 radical (unpaired) electrons. The lowest BCUT2D eigenvalue weighted by molar-refractivity contribution is 0.671. The third-order valence-electron chi connectivity index (χ3n) is 1.49. The molecule has 1 aliphatic heterocycles. The van der Waals surface area contributed by atoms with Crippen LogP contribution in [0.25, 0.3) is 0 Å². The number of hydrogen-bond donors (Lipinski definition) is 1. The normalized spacial score (nSPS) is 29.7. The second-order valence-corrected chi connectivity index (χ2v) is 2.64. The van der Waals surface area contributed by atoms with Crippen LogP contribution in [-0.4, -0.2) is 24.8 Å². The maximum absolute atomic E-state index is 4.21. The fourth-order valence-electron chi connectivity index (χ4n) is 1.09. The Kier molecular flexibility index (Phi) is 2.04. The van der Waals surface area contributed by atoms with E-state index in [0.717, 1.165) is 18.1 Å². The van der Waals surface area contributed by atoms with E-state index < -0.39 is 0 Å². The summed E-state index contributed by atoms with van der Waals surface area (Å²) in [5.41, 5.74) is 1.16. The van der Waals surface area contributed by atoms with Crippen molar-refractivity contribution >= 4 is 11.7 Å². The molecule has 3 heteroatoms. The van der Waals surface area contributed by atoms with Crippen LogP contribution in [0, 0.1) is 0 Å². The molecule has 56 valence electrons. The molecule has 10 heavy (non-hydrogen) atoms. The molecule has 1 rings (SSSR count). The largest absolute Gasteiger partial charge is 0.352 e. The van der Waals surface area contributed by atoms with Gasteiger partial charge in [0.25, 0.3) is 0 Å². The van der Waals surface area contributed by atoms with Crippen molar-refractivity contribution in [2.75, 3.05) is 7.05 Å². The molecule has 3 nitrogen and oxygen atoms in total. The molecule has 1 heterocycles. The van der Waals surface area contributed by atoms with Crippen molar-refractivity contribution in [2.45, 2.75) is 26.3 Å². The van der Waals surface area contributed by atoms with E-state index in [1.54, 1.807) is 7.05 Å². The molecule has 1 unspecified atom stereocenters. The Bertz CT molecular complexity index is 181. The third-order valence-corrected chi connectivity index (χ3v) is 1.49. The fraction of sp³-hybridized carbons (Fsp3) is 0.714. The summed E-state index contributed by atoms with van der Waals surface area (Å²) in [6.07, 6.45) is 1.03. The van der Waals surface area contributed by atoms with Crippen molar-refractivity contribution in [3.63, 3.8) is 0 Å². The number of aliphatic imine (C=N–C) groups is 2. The Morgan fingerprint density at radius 3 is 2.90 bits per heavy atom. The molecule has 0 aromatic carbocycles. The molecule has 1 N–H and O–H groups in total. The molecule has 1 atom stereocenters. The first-order chi connectivity index (χ1) is 4.72. The number of guanidine groups is 1. The zero-order chi connectivity index (χ0) is 7.56. The Labute approximate surface area is 61.3 Å². The van der Waals surface area contributed by atoms with Crippen LogP contribution >= 0.6 is 0 Å². The van der Waals surface area contributed by atoms with Crippen molar-refractivity contribution in [2.24, 2.45) is 9.98 Å². The van der Waals surface area contributed by atoms with E-state index in [1.807, 2.05) is 6.92 Å². The lowest BCUT2D eigenvalue weighted by Crippen LogP contribution is -2.37. The van der Waals surface area contributed by atoms with Crippen LogP contribution in [0.2, 0.25) is 0 Å². The molecular weight excluding hydrogens is 126 g/mol. The number of hydrogen-bond acceptors (Lipinski definition) is 1. The first kappa shape index (κ1) is 7.25. The molecular formula is C7H13N3. The summed E-state index contributed by atoms with van der Waals surface area (Å²) in [7, 11) is 1.75. The molecule has 0 aliphatic carbocycles. The van der Waals surface area contributed by atoms with E-state index in [2.05, 4.69) is 22.2 Å². The van der Waals surface area contributed by atoms with Crippen LogP contribution < -0.4 is 5.32 Å². The Hall–Kier alpha value is -0.860. The highest BCUT2D eigenvalue weighted by atomic mass is 15.2. The SMILES string of the molecule is CN=C1N=C(C)CC(C)N1.